The summed E-state index contributed by atoms with van der Waals surface area (Å²) in [7, 11) is -2.95. The second kappa shape index (κ2) is 5.74. The Morgan fingerprint density at radius 2 is 2.00 bits per heavy atom. The van der Waals surface area contributed by atoms with Crippen LogP contribution in [-0.4, -0.2) is 43.3 Å². The molecule has 0 saturated carbocycles. The van der Waals surface area contributed by atoms with Gasteiger partial charge in [-0.1, -0.05) is 30.3 Å². The van der Waals surface area contributed by atoms with Gasteiger partial charge < -0.3 is 4.90 Å². The smallest absolute Gasteiger partial charge is 0.219 e. The zero-order valence-electron chi connectivity index (χ0n) is 11.1. The molecule has 0 aliphatic carbocycles. The normalized spacial score (nSPS) is 21.2. The summed E-state index contributed by atoms with van der Waals surface area (Å²) in [5, 5.41) is 0. The molecule has 1 aromatic rings. The molecule has 1 aromatic carbocycles. The monoisotopic (exact) mass is 281 g/mol. The van der Waals surface area contributed by atoms with Crippen molar-refractivity contribution in [2.75, 3.05) is 18.1 Å². The molecule has 1 aliphatic heterocycles. The minimum absolute atomic E-state index is 0.0435. The van der Waals surface area contributed by atoms with E-state index in [-0.39, 0.29) is 23.5 Å². The van der Waals surface area contributed by atoms with Gasteiger partial charge in [-0.05, 0) is 18.4 Å². The topological polar surface area (TPSA) is 54.5 Å². The molecule has 0 aromatic heterocycles. The van der Waals surface area contributed by atoms with Gasteiger partial charge in [0.05, 0.1) is 11.5 Å². The summed E-state index contributed by atoms with van der Waals surface area (Å²) in [5.74, 6) is 0.270. The van der Waals surface area contributed by atoms with Crippen LogP contribution in [0.15, 0.2) is 30.3 Å². The van der Waals surface area contributed by atoms with E-state index in [4.69, 9.17) is 0 Å². The Labute approximate surface area is 114 Å². The minimum Gasteiger partial charge on any atom is -0.339 e. The number of sulfone groups is 1. The van der Waals surface area contributed by atoms with E-state index in [2.05, 4.69) is 0 Å². The molecular formula is C14H19NO3S. The number of amides is 1. The maximum absolute atomic E-state index is 11.7. The molecule has 19 heavy (non-hydrogen) atoms. The summed E-state index contributed by atoms with van der Waals surface area (Å²) in [5.41, 5.74) is 1.16. The number of benzene rings is 1. The van der Waals surface area contributed by atoms with Crippen molar-refractivity contribution in [1.29, 1.82) is 0 Å². The average Bonchev–Trinajstić information content (AvgIpc) is 2.71. The minimum atomic E-state index is -2.95. The Balaban J connectivity index is 2.00. The van der Waals surface area contributed by atoms with E-state index in [0.717, 1.165) is 12.0 Å². The third-order valence-electron chi connectivity index (χ3n) is 3.54. The largest absolute Gasteiger partial charge is 0.339 e. The molecule has 1 heterocycles. The zero-order valence-corrected chi connectivity index (χ0v) is 11.9. The van der Waals surface area contributed by atoms with Crippen LogP contribution in [0.2, 0.25) is 0 Å². The second-order valence-corrected chi connectivity index (χ2v) is 7.23. The molecule has 1 unspecified atom stereocenters. The first-order valence-corrected chi connectivity index (χ1v) is 8.31. The van der Waals surface area contributed by atoms with Crippen LogP contribution in [0.4, 0.5) is 0 Å². The summed E-state index contributed by atoms with van der Waals surface area (Å²) >= 11 is 0. The van der Waals surface area contributed by atoms with E-state index < -0.39 is 9.84 Å². The first-order chi connectivity index (χ1) is 8.98. The zero-order chi connectivity index (χ0) is 13.9. The van der Waals surface area contributed by atoms with E-state index in [1.807, 2.05) is 30.3 Å². The number of hydrogen-bond donors (Lipinski definition) is 0. The first kappa shape index (κ1) is 14.1. The molecule has 5 heteroatoms. The number of nitrogens with zero attached hydrogens (tertiary/aromatic N) is 1. The lowest BCUT2D eigenvalue weighted by Crippen LogP contribution is -2.41. The fourth-order valence-corrected chi connectivity index (χ4v) is 4.24. The lowest BCUT2D eigenvalue weighted by molar-refractivity contribution is -0.130. The average molecular weight is 281 g/mol. The highest BCUT2D eigenvalue weighted by Gasteiger charge is 2.33. The van der Waals surface area contributed by atoms with Crippen molar-refractivity contribution in [3.63, 3.8) is 0 Å². The standard InChI is InChI=1S/C14H19NO3S/c1-12(16)15(14-8-10-19(17,18)11-14)9-7-13-5-3-2-4-6-13/h2-6,14H,7-11H2,1H3. The maximum Gasteiger partial charge on any atom is 0.219 e. The predicted octanol–water partition coefficient (Wildman–Crippen LogP) is 1.26. The van der Waals surface area contributed by atoms with Crippen molar-refractivity contribution < 1.29 is 13.2 Å². The van der Waals surface area contributed by atoms with Gasteiger partial charge in [0.15, 0.2) is 9.84 Å². The third-order valence-corrected chi connectivity index (χ3v) is 5.29. The van der Waals surface area contributed by atoms with Crippen LogP contribution in [0.1, 0.15) is 18.9 Å². The van der Waals surface area contributed by atoms with Crippen molar-refractivity contribution in [3.8, 4) is 0 Å². The third kappa shape index (κ3) is 3.80. The van der Waals surface area contributed by atoms with Crippen molar-refractivity contribution >= 4 is 15.7 Å². The molecule has 1 fully saturated rings. The molecule has 0 radical (unpaired) electrons. The summed E-state index contributed by atoms with van der Waals surface area (Å²) in [4.78, 5) is 13.4. The molecule has 0 spiro atoms. The van der Waals surface area contributed by atoms with Crippen LogP contribution >= 0.6 is 0 Å². The van der Waals surface area contributed by atoms with Crippen LogP contribution in [0.25, 0.3) is 0 Å². The van der Waals surface area contributed by atoms with Gasteiger partial charge in [0.25, 0.3) is 0 Å². The van der Waals surface area contributed by atoms with E-state index in [1.165, 1.54) is 6.92 Å². The summed E-state index contributed by atoms with van der Waals surface area (Å²) in [6.45, 7) is 2.09. The molecular weight excluding hydrogens is 262 g/mol. The fraction of sp³-hybridized carbons (Fsp3) is 0.500. The van der Waals surface area contributed by atoms with E-state index in [0.29, 0.717) is 13.0 Å². The number of hydrogen-bond acceptors (Lipinski definition) is 3. The molecule has 1 atom stereocenters. The Morgan fingerprint density at radius 1 is 1.32 bits per heavy atom. The number of rotatable bonds is 4. The lowest BCUT2D eigenvalue weighted by Gasteiger charge is -2.27. The summed E-state index contributed by atoms with van der Waals surface area (Å²) in [6, 6.07) is 9.77. The molecule has 1 saturated heterocycles. The Bertz CT molecular complexity index is 539. The predicted molar refractivity (Wildman–Crippen MR) is 74.6 cm³/mol. The molecule has 1 amide bonds. The van der Waals surface area contributed by atoms with Gasteiger partial charge in [-0.15, -0.1) is 0 Å². The molecule has 104 valence electrons. The second-order valence-electron chi connectivity index (χ2n) is 5.00. The van der Waals surface area contributed by atoms with Crippen LogP contribution in [0.3, 0.4) is 0 Å². The Morgan fingerprint density at radius 3 is 2.53 bits per heavy atom. The van der Waals surface area contributed by atoms with Crippen molar-refractivity contribution in [1.82, 2.24) is 4.90 Å². The molecule has 1 aliphatic rings. The van der Waals surface area contributed by atoms with Crippen molar-refractivity contribution in [3.05, 3.63) is 35.9 Å². The molecule has 0 N–H and O–H groups in total. The highest BCUT2D eigenvalue weighted by molar-refractivity contribution is 7.91. The number of carbonyl (C=O) groups excluding carboxylic acids is 1. The van der Waals surface area contributed by atoms with Crippen molar-refractivity contribution in [2.45, 2.75) is 25.8 Å². The van der Waals surface area contributed by atoms with Gasteiger partial charge in [0, 0.05) is 19.5 Å². The lowest BCUT2D eigenvalue weighted by atomic mass is 10.1. The molecule has 2 rings (SSSR count). The van der Waals surface area contributed by atoms with E-state index in [9.17, 15) is 13.2 Å². The van der Waals surface area contributed by atoms with Crippen LogP contribution in [0.5, 0.6) is 0 Å². The van der Waals surface area contributed by atoms with Crippen LogP contribution in [0, 0.1) is 0 Å². The maximum atomic E-state index is 11.7. The van der Waals surface area contributed by atoms with E-state index >= 15 is 0 Å². The van der Waals surface area contributed by atoms with Gasteiger partial charge >= 0.3 is 0 Å². The van der Waals surface area contributed by atoms with Gasteiger partial charge in [-0.2, -0.15) is 0 Å². The summed E-state index contributed by atoms with van der Waals surface area (Å²) in [6.07, 6.45) is 1.33. The van der Waals surface area contributed by atoms with Gasteiger partial charge in [0.2, 0.25) is 5.91 Å². The highest BCUT2D eigenvalue weighted by atomic mass is 32.2. The van der Waals surface area contributed by atoms with E-state index in [1.54, 1.807) is 4.90 Å². The Hall–Kier alpha value is -1.36. The molecule has 0 bridgehead atoms. The Kier molecular flexibility index (Phi) is 4.24. The fourth-order valence-electron chi connectivity index (χ4n) is 2.51. The van der Waals surface area contributed by atoms with Crippen LogP contribution in [-0.2, 0) is 21.1 Å². The van der Waals surface area contributed by atoms with Gasteiger partial charge in [0.1, 0.15) is 0 Å². The quantitative estimate of drug-likeness (QED) is 0.835. The molecule has 4 nitrogen and oxygen atoms in total. The van der Waals surface area contributed by atoms with Gasteiger partial charge in [-0.25, -0.2) is 8.42 Å². The van der Waals surface area contributed by atoms with Gasteiger partial charge in [-0.3, -0.25) is 4.79 Å². The van der Waals surface area contributed by atoms with Crippen molar-refractivity contribution in [2.24, 2.45) is 0 Å². The first-order valence-electron chi connectivity index (χ1n) is 6.49. The highest BCUT2D eigenvalue weighted by Crippen LogP contribution is 2.18. The summed E-state index contributed by atoms with van der Waals surface area (Å²) < 4.78 is 23.0. The van der Waals surface area contributed by atoms with Crippen LogP contribution < -0.4 is 0 Å². The number of carbonyl (C=O) groups is 1. The SMILES string of the molecule is CC(=O)N(CCc1ccccc1)C1CCS(=O)(=O)C1.